The number of rotatable bonds is 2. The van der Waals surface area contributed by atoms with Gasteiger partial charge in [-0.15, -0.1) is 0 Å². The lowest BCUT2D eigenvalue weighted by Crippen LogP contribution is -2.10. The lowest BCUT2D eigenvalue weighted by Gasteiger charge is -2.07. The molecule has 0 saturated carbocycles. The third-order valence-corrected chi connectivity index (χ3v) is 2.19. The minimum atomic E-state index is -0.393. The third-order valence-electron chi connectivity index (χ3n) is 2.19. The van der Waals surface area contributed by atoms with E-state index < -0.39 is 5.97 Å². The van der Waals surface area contributed by atoms with Gasteiger partial charge in [-0.1, -0.05) is 11.6 Å². The smallest absolute Gasteiger partial charge is 0.340 e. The van der Waals surface area contributed by atoms with Gasteiger partial charge in [0.25, 0.3) is 0 Å². The first-order valence-electron chi connectivity index (χ1n) is 4.78. The van der Waals surface area contributed by atoms with E-state index in [1.54, 1.807) is 24.5 Å². The second-order valence-corrected chi connectivity index (χ2v) is 3.33. The summed E-state index contributed by atoms with van der Waals surface area (Å²) in [7, 11) is 1.35. The predicted molar refractivity (Wildman–Crippen MR) is 57.4 cm³/mol. The van der Waals surface area contributed by atoms with Crippen LogP contribution in [0.3, 0.4) is 0 Å². The van der Waals surface area contributed by atoms with E-state index in [2.05, 4.69) is 10.2 Å². The predicted octanol–water partition coefficient (Wildman–Crippen LogP) is 1.36. The van der Waals surface area contributed by atoms with Crippen molar-refractivity contribution in [1.29, 1.82) is 0 Å². The first kappa shape index (κ1) is 10.4. The number of hydrogen-bond donors (Lipinski definition) is 0. The van der Waals surface area contributed by atoms with Crippen LogP contribution in [0.4, 0.5) is 0 Å². The number of methoxy groups -OCH3 is 1. The van der Waals surface area contributed by atoms with Gasteiger partial charge < -0.3 is 4.74 Å². The molecule has 0 spiro atoms. The highest BCUT2D eigenvalue weighted by atomic mass is 16.5. The summed E-state index contributed by atoms with van der Waals surface area (Å²) in [6, 6.07) is 5.44. The molecule has 0 aliphatic carbocycles. The Hall–Kier alpha value is -2.17. The average Bonchev–Trinajstić information content (AvgIpc) is 2.81. The molecule has 0 amide bonds. The Labute approximate surface area is 92.7 Å². The van der Waals surface area contributed by atoms with Crippen LogP contribution in [0.25, 0.3) is 5.69 Å². The number of benzene rings is 1. The average molecular weight is 217 g/mol. The van der Waals surface area contributed by atoms with Crippen LogP contribution in [0.15, 0.2) is 30.6 Å². The fourth-order valence-electron chi connectivity index (χ4n) is 1.44. The van der Waals surface area contributed by atoms with Crippen LogP contribution in [-0.2, 0) is 4.74 Å². The fourth-order valence-corrected chi connectivity index (χ4v) is 1.44. The molecule has 1 aromatic carbocycles. The molecule has 0 radical (unpaired) electrons. The van der Waals surface area contributed by atoms with Crippen molar-refractivity contribution < 1.29 is 9.53 Å². The fraction of sp³-hybridized carbons (Fsp3) is 0.182. The number of aryl methyl sites for hydroxylation is 1. The maximum absolute atomic E-state index is 11.6. The third kappa shape index (κ3) is 1.79. The Balaban J connectivity index is 2.57. The zero-order valence-corrected chi connectivity index (χ0v) is 9.04. The molecule has 0 atom stereocenters. The van der Waals surface area contributed by atoms with E-state index in [-0.39, 0.29) is 0 Å². The van der Waals surface area contributed by atoms with Crippen molar-refractivity contribution >= 4 is 5.97 Å². The van der Waals surface area contributed by atoms with Gasteiger partial charge in [-0.05, 0) is 19.1 Å². The quantitative estimate of drug-likeness (QED) is 0.713. The van der Waals surface area contributed by atoms with Crippen LogP contribution in [0.2, 0.25) is 0 Å². The molecule has 5 heteroatoms. The lowest BCUT2D eigenvalue weighted by molar-refractivity contribution is 0.0600. The molecule has 0 aliphatic heterocycles. The van der Waals surface area contributed by atoms with E-state index in [9.17, 15) is 4.79 Å². The van der Waals surface area contributed by atoms with Crippen LogP contribution in [-0.4, -0.2) is 28.1 Å². The van der Waals surface area contributed by atoms with Crippen molar-refractivity contribution in [2.45, 2.75) is 6.92 Å². The molecule has 0 N–H and O–H groups in total. The zero-order valence-electron chi connectivity index (χ0n) is 9.04. The van der Waals surface area contributed by atoms with Gasteiger partial charge in [0.1, 0.15) is 5.69 Å². The van der Waals surface area contributed by atoms with Gasteiger partial charge in [0.05, 0.1) is 25.1 Å². The van der Waals surface area contributed by atoms with E-state index in [0.29, 0.717) is 11.3 Å². The summed E-state index contributed by atoms with van der Waals surface area (Å²) >= 11 is 0. The van der Waals surface area contributed by atoms with Crippen molar-refractivity contribution in [2.24, 2.45) is 0 Å². The van der Waals surface area contributed by atoms with Gasteiger partial charge >= 0.3 is 5.97 Å². The van der Waals surface area contributed by atoms with Crippen LogP contribution in [0, 0.1) is 6.92 Å². The van der Waals surface area contributed by atoms with E-state index in [0.717, 1.165) is 5.56 Å². The molecule has 82 valence electrons. The van der Waals surface area contributed by atoms with Gasteiger partial charge in [-0.3, -0.25) is 0 Å². The molecule has 16 heavy (non-hydrogen) atoms. The number of carbonyl (C=O) groups is 1. The molecule has 0 saturated heterocycles. The molecular formula is C11H11N3O2. The molecule has 5 nitrogen and oxygen atoms in total. The van der Waals surface area contributed by atoms with Crippen molar-refractivity contribution in [3.63, 3.8) is 0 Å². The largest absolute Gasteiger partial charge is 0.465 e. The maximum atomic E-state index is 11.6. The summed E-state index contributed by atoms with van der Waals surface area (Å²) in [5.41, 5.74) is 2.05. The number of aromatic nitrogens is 3. The van der Waals surface area contributed by atoms with Crippen LogP contribution >= 0.6 is 0 Å². The minimum absolute atomic E-state index is 0.393. The van der Waals surface area contributed by atoms with E-state index in [4.69, 9.17) is 4.74 Å². The highest BCUT2D eigenvalue weighted by molar-refractivity contribution is 5.93. The van der Waals surface area contributed by atoms with Crippen LogP contribution in [0.5, 0.6) is 0 Å². The lowest BCUT2D eigenvalue weighted by atomic mass is 10.1. The summed E-state index contributed by atoms with van der Waals surface area (Å²) < 4.78 is 4.72. The van der Waals surface area contributed by atoms with Gasteiger partial charge in [-0.25, -0.2) is 4.79 Å². The second-order valence-electron chi connectivity index (χ2n) is 3.33. The minimum Gasteiger partial charge on any atom is -0.465 e. The first-order valence-corrected chi connectivity index (χ1v) is 4.78. The SMILES string of the molecule is COC(=O)c1cc(C)ccc1-n1nccn1. The van der Waals surface area contributed by atoms with Gasteiger partial charge in [0, 0.05) is 0 Å². The second kappa shape index (κ2) is 4.14. The number of hydrogen-bond acceptors (Lipinski definition) is 4. The number of ether oxygens (including phenoxy) is 1. The van der Waals surface area contributed by atoms with Crippen LogP contribution < -0.4 is 0 Å². The van der Waals surface area contributed by atoms with E-state index in [1.165, 1.54) is 11.9 Å². The van der Waals surface area contributed by atoms with Crippen molar-refractivity contribution in [3.8, 4) is 5.69 Å². The Bertz CT molecular complexity index is 506. The normalized spacial score (nSPS) is 10.1. The van der Waals surface area contributed by atoms with Crippen LogP contribution in [0.1, 0.15) is 15.9 Å². The highest BCUT2D eigenvalue weighted by Gasteiger charge is 2.14. The molecule has 1 heterocycles. The Morgan fingerprint density at radius 2 is 2.00 bits per heavy atom. The molecule has 0 fully saturated rings. The summed E-state index contributed by atoms with van der Waals surface area (Å²) in [6.45, 7) is 1.91. The topological polar surface area (TPSA) is 57.0 Å². The van der Waals surface area contributed by atoms with Gasteiger partial charge in [-0.2, -0.15) is 15.0 Å². The number of esters is 1. The summed E-state index contributed by atoms with van der Waals surface area (Å²) in [4.78, 5) is 13.0. The Kier molecular flexibility index (Phi) is 2.68. The standard InChI is InChI=1S/C11H11N3O2/c1-8-3-4-10(14-12-5-6-13-14)9(7-8)11(15)16-2/h3-7H,1-2H3. The maximum Gasteiger partial charge on any atom is 0.340 e. The monoisotopic (exact) mass is 217 g/mol. The molecule has 2 rings (SSSR count). The number of carbonyl (C=O) groups excluding carboxylic acids is 1. The highest BCUT2D eigenvalue weighted by Crippen LogP contribution is 2.15. The molecule has 1 aromatic heterocycles. The summed E-state index contributed by atoms with van der Waals surface area (Å²) in [5, 5.41) is 7.98. The molecule has 2 aromatic rings. The molecule has 0 unspecified atom stereocenters. The van der Waals surface area contributed by atoms with Crippen molar-refractivity contribution in [3.05, 3.63) is 41.7 Å². The van der Waals surface area contributed by atoms with Crippen molar-refractivity contribution in [1.82, 2.24) is 15.0 Å². The Morgan fingerprint density at radius 1 is 1.31 bits per heavy atom. The molecular weight excluding hydrogens is 206 g/mol. The summed E-state index contributed by atoms with van der Waals surface area (Å²) in [5.74, 6) is -0.393. The van der Waals surface area contributed by atoms with Gasteiger partial charge in [0.2, 0.25) is 0 Å². The Morgan fingerprint density at radius 3 is 2.62 bits per heavy atom. The first-order chi connectivity index (χ1) is 7.72. The molecule has 0 aliphatic rings. The zero-order chi connectivity index (χ0) is 11.5. The van der Waals surface area contributed by atoms with Crippen molar-refractivity contribution in [2.75, 3.05) is 7.11 Å². The van der Waals surface area contributed by atoms with Gasteiger partial charge in [0.15, 0.2) is 0 Å². The number of nitrogens with zero attached hydrogens (tertiary/aromatic N) is 3. The summed E-state index contributed by atoms with van der Waals surface area (Å²) in [6.07, 6.45) is 3.11. The molecule has 0 bridgehead atoms. The van der Waals surface area contributed by atoms with E-state index >= 15 is 0 Å². The van der Waals surface area contributed by atoms with E-state index in [1.807, 2.05) is 13.0 Å².